The molecule has 2 amide bonds. The third kappa shape index (κ3) is 8.90. The lowest BCUT2D eigenvalue weighted by Gasteiger charge is -2.33. The van der Waals surface area contributed by atoms with Gasteiger partial charge in [0.15, 0.2) is 0 Å². The van der Waals surface area contributed by atoms with Crippen LogP contribution in [0.3, 0.4) is 0 Å². The highest BCUT2D eigenvalue weighted by Crippen LogP contribution is 2.28. The van der Waals surface area contributed by atoms with Crippen LogP contribution in [0, 0.1) is 6.92 Å². The molecule has 2 aromatic carbocycles. The van der Waals surface area contributed by atoms with Crippen molar-refractivity contribution in [1.29, 1.82) is 0 Å². The normalized spacial score (nSPS) is 12.6. The van der Waals surface area contributed by atoms with E-state index in [-0.39, 0.29) is 37.7 Å². The molecule has 0 fully saturated rings. The first-order valence-corrected chi connectivity index (χ1v) is 14.8. The molecule has 204 valence electrons. The number of hydrogen-bond donors (Lipinski definition) is 1. The lowest BCUT2D eigenvalue weighted by atomic mass is 10.0. The first-order chi connectivity index (χ1) is 17.2. The second kappa shape index (κ2) is 13.0. The summed E-state index contributed by atoms with van der Waals surface area (Å²) in [5, 5.41) is 3.76. The van der Waals surface area contributed by atoms with Gasteiger partial charge in [0, 0.05) is 40.7 Å². The lowest BCUT2D eigenvalue weighted by molar-refractivity contribution is -0.142. The van der Waals surface area contributed by atoms with Gasteiger partial charge >= 0.3 is 0 Å². The van der Waals surface area contributed by atoms with E-state index in [1.54, 1.807) is 30.3 Å². The van der Waals surface area contributed by atoms with Crippen LogP contribution in [0.15, 0.2) is 42.5 Å². The molecular weight excluding hydrogens is 533 g/mol. The number of nitrogens with one attached hydrogen (secondary N) is 1. The molecule has 7 nitrogen and oxygen atoms in total. The smallest absolute Gasteiger partial charge is 0.243 e. The maximum absolute atomic E-state index is 13.6. The maximum Gasteiger partial charge on any atom is 0.243 e. The highest BCUT2D eigenvalue weighted by atomic mass is 35.5. The monoisotopic (exact) mass is 569 g/mol. The molecule has 2 aromatic rings. The van der Waals surface area contributed by atoms with Gasteiger partial charge in [-0.05, 0) is 64.3 Å². The summed E-state index contributed by atoms with van der Waals surface area (Å²) in [5.74, 6) is -0.561. The van der Waals surface area contributed by atoms with Crippen LogP contribution >= 0.6 is 23.2 Å². The van der Waals surface area contributed by atoms with Crippen molar-refractivity contribution in [3.05, 3.63) is 63.6 Å². The van der Waals surface area contributed by atoms with E-state index in [9.17, 15) is 18.0 Å². The Morgan fingerprint density at radius 2 is 1.62 bits per heavy atom. The van der Waals surface area contributed by atoms with Crippen molar-refractivity contribution in [1.82, 2.24) is 10.2 Å². The average Bonchev–Trinajstić information content (AvgIpc) is 2.77. The number of nitrogens with zero attached hydrogens (tertiary/aromatic N) is 2. The van der Waals surface area contributed by atoms with Crippen LogP contribution in [0.25, 0.3) is 0 Å². The second-order valence-corrected chi connectivity index (χ2v) is 12.8. The van der Waals surface area contributed by atoms with Crippen molar-refractivity contribution >= 4 is 50.7 Å². The summed E-state index contributed by atoms with van der Waals surface area (Å²) in [5.41, 5.74) is 1.47. The zero-order valence-corrected chi connectivity index (χ0v) is 24.7. The molecule has 0 saturated carbocycles. The van der Waals surface area contributed by atoms with Crippen LogP contribution in [0.2, 0.25) is 10.0 Å². The molecule has 0 unspecified atom stereocenters. The molecule has 0 heterocycles. The second-order valence-electron chi connectivity index (χ2n) is 10.1. The number of halogens is 2. The summed E-state index contributed by atoms with van der Waals surface area (Å²) < 4.78 is 26.4. The van der Waals surface area contributed by atoms with Gasteiger partial charge in [0.1, 0.15) is 6.04 Å². The van der Waals surface area contributed by atoms with Crippen molar-refractivity contribution in [2.24, 2.45) is 0 Å². The van der Waals surface area contributed by atoms with Crippen LogP contribution in [0.1, 0.15) is 58.1 Å². The number of carbonyl (C=O) groups excluding carboxylic acids is 2. The summed E-state index contributed by atoms with van der Waals surface area (Å²) in [7, 11) is -3.56. The Hall–Kier alpha value is -2.29. The predicted octanol–water partition coefficient (Wildman–Crippen LogP) is 5.57. The van der Waals surface area contributed by atoms with Gasteiger partial charge < -0.3 is 10.2 Å². The highest BCUT2D eigenvalue weighted by molar-refractivity contribution is 7.92. The van der Waals surface area contributed by atoms with Crippen LogP contribution in [0.4, 0.5) is 5.69 Å². The fourth-order valence-electron chi connectivity index (χ4n) is 4.05. The summed E-state index contributed by atoms with van der Waals surface area (Å²) in [6, 6.07) is 11.5. The third-order valence-electron chi connectivity index (χ3n) is 5.81. The quantitative estimate of drug-likeness (QED) is 0.383. The van der Waals surface area contributed by atoms with Crippen molar-refractivity contribution in [2.75, 3.05) is 17.1 Å². The van der Waals surface area contributed by atoms with Crippen molar-refractivity contribution in [3.63, 3.8) is 0 Å². The number of rotatable bonds is 11. The zero-order chi connectivity index (χ0) is 28.0. The van der Waals surface area contributed by atoms with E-state index in [0.717, 1.165) is 11.8 Å². The van der Waals surface area contributed by atoms with Gasteiger partial charge in [-0.1, -0.05) is 54.4 Å². The Morgan fingerprint density at radius 3 is 2.14 bits per heavy atom. The van der Waals surface area contributed by atoms with Gasteiger partial charge in [-0.25, -0.2) is 8.42 Å². The molecule has 0 aliphatic carbocycles. The first kappa shape index (κ1) is 30.9. The van der Waals surface area contributed by atoms with Crippen LogP contribution in [-0.4, -0.2) is 49.5 Å². The molecule has 2 rings (SSSR count). The van der Waals surface area contributed by atoms with Crippen molar-refractivity contribution < 1.29 is 18.0 Å². The predicted molar refractivity (Wildman–Crippen MR) is 152 cm³/mol. The van der Waals surface area contributed by atoms with Crippen molar-refractivity contribution in [2.45, 2.75) is 72.0 Å². The van der Waals surface area contributed by atoms with E-state index in [1.807, 2.05) is 46.8 Å². The Kier molecular flexibility index (Phi) is 10.9. The SMILES string of the molecule is CC[C@H](C(=O)NC(C)(C)C)N(Cc1c(Cl)cccc1Cl)C(=O)CCCN(c1ccccc1C)S(C)(=O)=O. The molecule has 0 bridgehead atoms. The average molecular weight is 571 g/mol. The molecule has 0 aromatic heterocycles. The van der Waals surface area contributed by atoms with Crippen LogP contribution in [0.5, 0.6) is 0 Å². The van der Waals surface area contributed by atoms with Gasteiger partial charge in [-0.2, -0.15) is 0 Å². The summed E-state index contributed by atoms with van der Waals surface area (Å²) in [6.45, 7) is 9.49. The topological polar surface area (TPSA) is 86.8 Å². The van der Waals surface area contributed by atoms with E-state index in [2.05, 4.69) is 5.32 Å². The number of para-hydroxylation sites is 1. The molecule has 0 aliphatic rings. The lowest BCUT2D eigenvalue weighted by Crippen LogP contribution is -2.53. The Morgan fingerprint density at radius 1 is 1.03 bits per heavy atom. The Labute approximate surface area is 231 Å². The minimum absolute atomic E-state index is 0.0409. The Bertz CT molecular complexity index is 1190. The maximum atomic E-state index is 13.6. The number of benzene rings is 2. The molecule has 0 aliphatic heterocycles. The molecule has 37 heavy (non-hydrogen) atoms. The summed E-state index contributed by atoms with van der Waals surface area (Å²) >= 11 is 12.8. The van der Waals surface area contributed by atoms with Crippen molar-refractivity contribution in [3.8, 4) is 0 Å². The fourth-order valence-corrected chi connectivity index (χ4v) is 5.59. The van der Waals surface area contributed by atoms with Gasteiger partial charge in [0.25, 0.3) is 0 Å². The number of sulfonamides is 1. The fraction of sp³-hybridized carbons (Fsp3) is 0.481. The van der Waals surface area contributed by atoms with Gasteiger partial charge in [0.2, 0.25) is 21.8 Å². The van der Waals surface area contributed by atoms with E-state index in [1.165, 1.54) is 9.21 Å². The first-order valence-electron chi connectivity index (χ1n) is 12.2. The molecule has 10 heteroatoms. The molecule has 1 atom stereocenters. The number of hydrogen-bond acceptors (Lipinski definition) is 4. The molecule has 1 N–H and O–H groups in total. The van der Waals surface area contributed by atoms with Gasteiger partial charge in [-0.3, -0.25) is 13.9 Å². The van der Waals surface area contributed by atoms with Crippen LogP contribution in [-0.2, 0) is 26.2 Å². The number of carbonyl (C=O) groups is 2. The number of aryl methyl sites for hydroxylation is 1. The van der Waals surface area contributed by atoms with E-state index >= 15 is 0 Å². The minimum atomic E-state index is -3.56. The zero-order valence-electron chi connectivity index (χ0n) is 22.3. The van der Waals surface area contributed by atoms with Crippen LogP contribution < -0.4 is 9.62 Å². The Balaban J connectivity index is 2.31. The standard InChI is InChI=1S/C27H37Cl2N3O4S/c1-7-23(26(34)30-27(3,4)5)31(18-20-21(28)13-10-14-22(20)29)25(33)16-11-17-32(37(6,35)36)24-15-9-8-12-19(24)2/h8-10,12-15,23H,7,11,16-18H2,1-6H3,(H,30,34)/t23-/m1/s1. The molecule has 0 saturated heterocycles. The van der Waals surface area contributed by atoms with Gasteiger partial charge in [-0.15, -0.1) is 0 Å². The minimum Gasteiger partial charge on any atom is -0.350 e. The van der Waals surface area contributed by atoms with E-state index in [4.69, 9.17) is 23.2 Å². The highest BCUT2D eigenvalue weighted by Gasteiger charge is 2.31. The van der Waals surface area contributed by atoms with E-state index < -0.39 is 21.6 Å². The number of anilines is 1. The molecular formula is C27H37Cl2N3O4S. The van der Waals surface area contributed by atoms with Gasteiger partial charge in [0.05, 0.1) is 11.9 Å². The third-order valence-corrected chi connectivity index (χ3v) is 7.70. The number of amides is 2. The molecule has 0 spiro atoms. The summed E-state index contributed by atoms with van der Waals surface area (Å²) in [4.78, 5) is 28.2. The van der Waals surface area contributed by atoms with E-state index in [0.29, 0.717) is 27.7 Å². The largest absolute Gasteiger partial charge is 0.350 e. The summed E-state index contributed by atoms with van der Waals surface area (Å²) in [6.07, 6.45) is 1.84. The molecule has 0 radical (unpaired) electrons.